The second kappa shape index (κ2) is 25.7. The summed E-state index contributed by atoms with van der Waals surface area (Å²) in [5, 5.41) is 28.8. The number of fused-ring (bicyclic) bond motifs is 1. The number of imidazole rings is 1. The third-order valence-electron chi connectivity index (χ3n) is 12.3. The first-order valence-corrected chi connectivity index (χ1v) is 26.6. The van der Waals surface area contributed by atoms with Gasteiger partial charge in [0, 0.05) is 51.8 Å². The minimum Gasteiger partial charge on any atom is -0.445 e. The Bertz CT molecular complexity index is 3090. The van der Waals surface area contributed by atoms with Crippen LogP contribution in [0, 0.1) is 17.7 Å². The van der Waals surface area contributed by atoms with E-state index in [0.717, 1.165) is 25.6 Å². The number of methoxy groups -OCH3 is 1. The molecular formula is C47H56FN11O17P2. The number of aliphatic imine (C=N–C) groups is 1. The van der Waals surface area contributed by atoms with E-state index in [1.165, 1.54) is 41.4 Å². The van der Waals surface area contributed by atoms with Crippen molar-refractivity contribution in [3.63, 3.8) is 0 Å². The molecule has 2 aliphatic rings. The van der Waals surface area contributed by atoms with E-state index >= 15 is 0 Å². The number of aliphatic hydroxyl groups is 2. The van der Waals surface area contributed by atoms with Crippen LogP contribution in [0.3, 0.4) is 0 Å². The number of alkyl carbamates (subject to hydrolysis) is 1. The van der Waals surface area contributed by atoms with Gasteiger partial charge in [0.2, 0.25) is 5.91 Å². The summed E-state index contributed by atoms with van der Waals surface area (Å²) in [4.78, 5) is 106. The fourth-order valence-corrected chi connectivity index (χ4v) is 9.62. The molecule has 2 aliphatic heterocycles. The van der Waals surface area contributed by atoms with Gasteiger partial charge in [-0.05, 0) is 53.1 Å². The second-order valence-corrected chi connectivity index (χ2v) is 20.7. The molecule has 0 saturated carbocycles. The van der Waals surface area contributed by atoms with Gasteiger partial charge in [0.1, 0.15) is 54.2 Å². The summed E-state index contributed by atoms with van der Waals surface area (Å²) < 4.78 is 72.5. The molecule has 1 fully saturated rings. The number of aromatic nitrogens is 5. The summed E-state index contributed by atoms with van der Waals surface area (Å²) in [7, 11) is -6.21. The van der Waals surface area contributed by atoms with Crippen molar-refractivity contribution in [1.82, 2.24) is 29.8 Å². The number of hydrogen-bond donors (Lipinski definition) is 9. The summed E-state index contributed by atoms with van der Waals surface area (Å²) >= 11 is 0. The molecule has 28 nitrogen and oxygen atoms in total. The first kappa shape index (κ1) is 58.7. The van der Waals surface area contributed by atoms with E-state index in [1.807, 2.05) is 0 Å². The van der Waals surface area contributed by atoms with Gasteiger partial charge in [0.15, 0.2) is 23.5 Å². The first-order chi connectivity index (χ1) is 37.0. The number of dihydropyridines is 1. The van der Waals surface area contributed by atoms with Gasteiger partial charge >= 0.3 is 21.7 Å². The monoisotopic (exact) mass is 1130 g/mol. The summed E-state index contributed by atoms with van der Waals surface area (Å²) in [5.74, 6) is -5.07. The average Bonchev–Trinajstić information content (AvgIpc) is 4.02. The number of phosphoric ester groups is 2. The SMILES string of the molecule is CO[C@H](COP(=O)(O)O)[C@@H](OP(=O)(O)OC[C@H]1O[C@@H](n2cnc3c(N)ncnc32)[C@H](O)[C@@H]1CC(=O)[C@H](Cc1ccc(N(C)C)nc1)NC(=O)OCc1ccc(NC(=O)Cc2ccc(F)cc2)cc1)[C@@H](O)C1C=CC(N)=NC1=O. The van der Waals surface area contributed by atoms with Crippen molar-refractivity contribution >= 4 is 73.7 Å². The van der Waals surface area contributed by atoms with Gasteiger partial charge in [-0.3, -0.25) is 32.5 Å². The summed E-state index contributed by atoms with van der Waals surface area (Å²) in [6, 6.07) is 13.9. The van der Waals surface area contributed by atoms with Crippen LogP contribution in [0.4, 0.5) is 26.5 Å². The Labute approximate surface area is 443 Å². The van der Waals surface area contributed by atoms with Crippen molar-refractivity contribution in [2.45, 2.75) is 68.7 Å². The molecule has 11 N–H and O–H groups in total. The number of amides is 3. The standard InChI is InChI=1S/C47H56FN11O17P2/c1-58(2)37-15-8-27(19-51-37)16-32(56-47(65)72-20-26-6-11-29(12-7-26)55-38(61)17-25-4-9-28(48)10-5-25)33(60)18-31-34(75-46(41(31)63)59-24-54-39-43(50)52-23-53-44(39)59)21-74-78(69,70)76-42(35(71-3)22-73-77(66,67)68)40(62)30-13-14-36(49)57-45(30)64/h4-15,19,23-24,30-32,34-35,40-42,46,62-63H,16-18,20-22H2,1-3H3,(H,55,61)(H,56,65)(H,69,70)(H2,49,57,64)(H2,50,52,53)(H2,66,67,68)/t30?,31-,32+,34-,35-,40+,41-,42-,46-/m1/s1. The van der Waals surface area contributed by atoms with E-state index in [9.17, 15) is 57.6 Å². The quantitative estimate of drug-likeness (QED) is 0.0375. The van der Waals surface area contributed by atoms with Crippen molar-refractivity contribution in [3.8, 4) is 0 Å². The van der Waals surface area contributed by atoms with E-state index < -0.39 is 114 Å². The normalized spacial score (nSPS) is 20.8. The maximum absolute atomic E-state index is 14.6. The fraction of sp³-hybridized carbons (Fsp3) is 0.383. The molecule has 3 aromatic heterocycles. The van der Waals surface area contributed by atoms with Crippen molar-refractivity contribution in [2.24, 2.45) is 22.6 Å². The molecule has 78 heavy (non-hydrogen) atoms. The third kappa shape index (κ3) is 15.6. The Balaban J connectivity index is 1.10. The molecule has 5 heterocycles. The lowest BCUT2D eigenvalue weighted by Gasteiger charge is -2.33. The molecule has 7 rings (SSSR count). The van der Waals surface area contributed by atoms with Crippen LogP contribution in [0.1, 0.15) is 29.3 Å². The van der Waals surface area contributed by atoms with Gasteiger partial charge in [0.05, 0.1) is 50.1 Å². The molecule has 10 atom stereocenters. The Morgan fingerprint density at radius 1 is 0.949 bits per heavy atom. The molecule has 0 spiro atoms. The minimum atomic E-state index is -5.53. The van der Waals surface area contributed by atoms with Gasteiger partial charge in [-0.2, -0.15) is 4.99 Å². The predicted octanol–water partition coefficient (Wildman–Crippen LogP) is 1.62. The van der Waals surface area contributed by atoms with Crippen LogP contribution in [0.25, 0.3) is 11.2 Å². The van der Waals surface area contributed by atoms with Crippen LogP contribution in [-0.4, -0.2) is 150 Å². The number of rotatable bonds is 25. The number of pyridine rings is 1. The molecule has 2 unspecified atom stereocenters. The smallest absolute Gasteiger partial charge is 0.445 e. The number of ketones is 1. The highest BCUT2D eigenvalue weighted by Gasteiger charge is 2.49. The van der Waals surface area contributed by atoms with Crippen molar-refractivity contribution in [2.75, 3.05) is 50.4 Å². The number of phosphoric acid groups is 2. The molecule has 0 aliphatic carbocycles. The zero-order chi connectivity index (χ0) is 56.5. The summed E-state index contributed by atoms with van der Waals surface area (Å²) in [5.41, 5.74) is 13.9. The predicted molar refractivity (Wildman–Crippen MR) is 272 cm³/mol. The number of benzene rings is 2. The Morgan fingerprint density at radius 3 is 2.31 bits per heavy atom. The molecule has 5 aromatic rings. The number of amidine groups is 1. The number of carbonyl (C=O) groups is 4. The van der Waals surface area contributed by atoms with Crippen LogP contribution in [0.2, 0.25) is 0 Å². The van der Waals surface area contributed by atoms with E-state index in [0.29, 0.717) is 28.2 Å². The van der Waals surface area contributed by atoms with Crippen molar-refractivity contribution in [1.29, 1.82) is 0 Å². The first-order valence-electron chi connectivity index (χ1n) is 23.6. The zero-order valence-corrected chi connectivity index (χ0v) is 43.6. The molecule has 2 aromatic carbocycles. The molecular weight excluding hydrogens is 1070 g/mol. The van der Waals surface area contributed by atoms with Crippen LogP contribution in [0.5, 0.6) is 0 Å². The number of aliphatic hydroxyl groups excluding tert-OH is 2. The molecule has 3 amide bonds. The third-order valence-corrected chi connectivity index (χ3v) is 13.8. The van der Waals surface area contributed by atoms with Gasteiger partial charge in [-0.15, -0.1) is 0 Å². The lowest BCUT2D eigenvalue weighted by atomic mass is 9.89. The number of nitrogen functional groups attached to an aromatic ring is 1. The van der Waals surface area contributed by atoms with Crippen LogP contribution in [-0.2, 0) is 70.7 Å². The maximum Gasteiger partial charge on any atom is 0.472 e. The molecule has 418 valence electrons. The number of Topliss-reactive ketones (excluding diaryl/α,β-unsaturated/α-hetero) is 1. The summed E-state index contributed by atoms with van der Waals surface area (Å²) in [6.07, 6.45) is -6.24. The number of carbonyl (C=O) groups excluding carboxylic acids is 4. The number of nitrogens with one attached hydrogen (secondary N) is 2. The van der Waals surface area contributed by atoms with Crippen LogP contribution in [0.15, 0.2) is 96.7 Å². The number of hydrogen-bond acceptors (Lipinski definition) is 21. The number of halogens is 1. The molecule has 0 radical (unpaired) electrons. The van der Waals surface area contributed by atoms with E-state index in [4.69, 9.17) is 34.7 Å². The number of nitrogens with zero attached hydrogens (tertiary/aromatic N) is 7. The van der Waals surface area contributed by atoms with Crippen LogP contribution < -0.4 is 27.0 Å². The molecule has 0 bridgehead atoms. The molecule has 31 heteroatoms. The summed E-state index contributed by atoms with van der Waals surface area (Å²) in [6.45, 7) is -2.28. The second-order valence-electron chi connectivity index (χ2n) is 18.1. The largest absolute Gasteiger partial charge is 0.472 e. The maximum atomic E-state index is 14.6. The van der Waals surface area contributed by atoms with Crippen molar-refractivity contribution in [3.05, 3.63) is 114 Å². The highest BCUT2D eigenvalue weighted by molar-refractivity contribution is 7.47. The number of anilines is 3. The van der Waals surface area contributed by atoms with Gasteiger partial charge in [-0.1, -0.05) is 36.4 Å². The lowest BCUT2D eigenvalue weighted by molar-refractivity contribution is -0.133. The highest BCUT2D eigenvalue weighted by Crippen LogP contribution is 2.49. The lowest BCUT2D eigenvalue weighted by Crippen LogP contribution is -2.48. The Kier molecular flexibility index (Phi) is 19.3. The van der Waals surface area contributed by atoms with Gasteiger partial charge in [-0.25, -0.2) is 38.3 Å². The average molecular weight is 1130 g/mol. The number of nitrogens with two attached hydrogens (primary N) is 2. The van der Waals surface area contributed by atoms with Crippen LogP contribution >= 0.6 is 15.6 Å². The minimum absolute atomic E-state index is 0.00157. The zero-order valence-electron chi connectivity index (χ0n) is 41.8. The molecule has 1 saturated heterocycles. The topological polar surface area (TPSA) is 407 Å². The van der Waals surface area contributed by atoms with E-state index in [1.54, 1.807) is 55.4 Å². The highest BCUT2D eigenvalue weighted by atomic mass is 31.2. The van der Waals surface area contributed by atoms with Gasteiger partial charge < -0.3 is 66.1 Å². The fourth-order valence-electron chi connectivity index (χ4n) is 8.32. The van der Waals surface area contributed by atoms with E-state index in [2.05, 4.69) is 40.1 Å². The van der Waals surface area contributed by atoms with Crippen molar-refractivity contribution < 1.29 is 85.4 Å². The number of ether oxygens (including phenoxy) is 3. The Hall–Kier alpha value is -6.98. The van der Waals surface area contributed by atoms with E-state index in [-0.39, 0.29) is 48.2 Å². The van der Waals surface area contributed by atoms with Gasteiger partial charge in [0.25, 0.3) is 5.91 Å². The Morgan fingerprint density at radius 2 is 1.65 bits per heavy atom.